The minimum Gasteiger partial charge on any atom is -0.483 e. The third-order valence-electron chi connectivity index (χ3n) is 3.69. The number of nitrogens with zero attached hydrogens (tertiary/aromatic N) is 1. The zero-order chi connectivity index (χ0) is 14.8. The van der Waals surface area contributed by atoms with Crippen molar-refractivity contribution >= 4 is 11.0 Å². The number of aromatic nitrogens is 2. The van der Waals surface area contributed by atoms with Crippen molar-refractivity contribution in [2.24, 2.45) is 0 Å². The summed E-state index contributed by atoms with van der Waals surface area (Å²) in [6, 6.07) is 14.4. The standard InChI is InChI=1S/C18H20N2O/c1-4-14-6-8-15(9-7-14)21-13(3)18-19-16-10-5-12(2)11-17(16)20-18/h5-11,13H,4H2,1-3H3,(H,19,20). The molecule has 1 aromatic heterocycles. The molecule has 3 heteroatoms. The van der Waals surface area contributed by atoms with Crippen molar-refractivity contribution in [2.75, 3.05) is 0 Å². The molecule has 3 aromatic rings. The molecular formula is C18H20N2O. The Labute approximate surface area is 125 Å². The van der Waals surface area contributed by atoms with Crippen molar-refractivity contribution in [3.63, 3.8) is 0 Å². The molecule has 0 radical (unpaired) electrons. The number of imidazole rings is 1. The van der Waals surface area contributed by atoms with Crippen LogP contribution >= 0.6 is 0 Å². The van der Waals surface area contributed by atoms with E-state index in [1.807, 2.05) is 25.1 Å². The highest BCUT2D eigenvalue weighted by atomic mass is 16.5. The lowest BCUT2D eigenvalue weighted by atomic mass is 10.2. The Hall–Kier alpha value is -2.29. The van der Waals surface area contributed by atoms with Gasteiger partial charge >= 0.3 is 0 Å². The fourth-order valence-corrected chi connectivity index (χ4v) is 2.40. The zero-order valence-corrected chi connectivity index (χ0v) is 12.7. The van der Waals surface area contributed by atoms with Crippen LogP contribution in [0, 0.1) is 6.92 Å². The average Bonchev–Trinajstić information content (AvgIpc) is 2.91. The van der Waals surface area contributed by atoms with Gasteiger partial charge in [0.1, 0.15) is 11.6 Å². The third-order valence-corrected chi connectivity index (χ3v) is 3.69. The molecule has 3 nitrogen and oxygen atoms in total. The van der Waals surface area contributed by atoms with E-state index < -0.39 is 0 Å². The lowest BCUT2D eigenvalue weighted by molar-refractivity contribution is 0.218. The third kappa shape index (κ3) is 2.92. The minimum atomic E-state index is -0.106. The number of fused-ring (bicyclic) bond motifs is 1. The van der Waals surface area contributed by atoms with Gasteiger partial charge in [0.15, 0.2) is 6.10 Å². The van der Waals surface area contributed by atoms with Crippen molar-refractivity contribution in [2.45, 2.75) is 33.3 Å². The molecule has 0 aliphatic rings. The van der Waals surface area contributed by atoms with Crippen molar-refractivity contribution in [3.05, 3.63) is 59.4 Å². The van der Waals surface area contributed by atoms with Gasteiger partial charge in [-0.3, -0.25) is 0 Å². The van der Waals surface area contributed by atoms with Crippen LogP contribution in [-0.2, 0) is 6.42 Å². The number of hydrogen-bond donors (Lipinski definition) is 1. The van der Waals surface area contributed by atoms with Crippen LogP contribution in [0.1, 0.15) is 36.9 Å². The van der Waals surface area contributed by atoms with Crippen LogP contribution in [0.4, 0.5) is 0 Å². The Morgan fingerprint density at radius 3 is 2.62 bits per heavy atom. The Bertz CT molecular complexity index is 744. The molecule has 0 bridgehead atoms. The van der Waals surface area contributed by atoms with E-state index in [2.05, 4.69) is 48.1 Å². The fourth-order valence-electron chi connectivity index (χ4n) is 2.40. The highest BCUT2D eigenvalue weighted by Gasteiger charge is 2.12. The molecule has 0 amide bonds. The Morgan fingerprint density at radius 2 is 1.90 bits per heavy atom. The summed E-state index contributed by atoms with van der Waals surface area (Å²) in [6.07, 6.45) is 0.934. The molecule has 0 saturated carbocycles. The molecule has 1 heterocycles. The van der Waals surface area contributed by atoms with Crippen LogP contribution < -0.4 is 4.74 Å². The van der Waals surface area contributed by atoms with Gasteiger partial charge in [0.25, 0.3) is 0 Å². The van der Waals surface area contributed by atoms with Gasteiger partial charge in [0.2, 0.25) is 0 Å². The number of aryl methyl sites for hydroxylation is 2. The smallest absolute Gasteiger partial charge is 0.153 e. The summed E-state index contributed by atoms with van der Waals surface area (Å²) in [5.41, 5.74) is 4.57. The maximum absolute atomic E-state index is 5.97. The van der Waals surface area contributed by atoms with E-state index in [1.54, 1.807) is 0 Å². The summed E-state index contributed by atoms with van der Waals surface area (Å²) >= 11 is 0. The number of hydrogen-bond acceptors (Lipinski definition) is 2. The second-order valence-electron chi connectivity index (χ2n) is 5.40. The first-order valence-electron chi connectivity index (χ1n) is 7.37. The quantitative estimate of drug-likeness (QED) is 0.760. The predicted molar refractivity (Wildman–Crippen MR) is 85.7 cm³/mol. The Kier molecular flexibility index (Phi) is 3.65. The van der Waals surface area contributed by atoms with Gasteiger partial charge in [-0.2, -0.15) is 0 Å². The largest absolute Gasteiger partial charge is 0.483 e. The van der Waals surface area contributed by atoms with E-state index in [1.165, 1.54) is 11.1 Å². The van der Waals surface area contributed by atoms with Gasteiger partial charge < -0.3 is 9.72 Å². The maximum atomic E-state index is 5.97. The Morgan fingerprint density at radius 1 is 1.14 bits per heavy atom. The number of nitrogens with one attached hydrogen (secondary N) is 1. The molecule has 3 rings (SSSR count). The number of benzene rings is 2. The number of ether oxygens (including phenoxy) is 1. The predicted octanol–water partition coefficient (Wildman–Crippen LogP) is 4.57. The molecule has 1 unspecified atom stereocenters. The van der Waals surface area contributed by atoms with E-state index in [9.17, 15) is 0 Å². The maximum Gasteiger partial charge on any atom is 0.153 e. The van der Waals surface area contributed by atoms with Crippen molar-refractivity contribution in [1.29, 1.82) is 0 Å². The van der Waals surface area contributed by atoms with Gasteiger partial charge in [-0.15, -0.1) is 0 Å². The molecular weight excluding hydrogens is 260 g/mol. The van der Waals surface area contributed by atoms with Crippen molar-refractivity contribution < 1.29 is 4.74 Å². The topological polar surface area (TPSA) is 37.9 Å². The van der Waals surface area contributed by atoms with Crippen LogP contribution in [0.3, 0.4) is 0 Å². The summed E-state index contributed by atoms with van der Waals surface area (Å²) in [7, 11) is 0. The van der Waals surface area contributed by atoms with E-state index in [4.69, 9.17) is 4.74 Å². The molecule has 0 aliphatic heterocycles. The molecule has 108 valence electrons. The second kappa shape index (κ2) is 5.60. The van der Waals surface area contributed by atoms with Gasteiger partial charge in [0, 0.05) is 0 Å². The van der Waals surface area contributed by atoms with E-state index in [-0.39, 0.29) is 6.10 Å². The van der Waals surface area contributed by atoms with E-state index in [0.29, 0.717) is 0 Å². The van der Waals surface area contributed by atoms with Crippen LogP contribution in [0.25, 0.3) is 11.0 Å². The first kappa shape index (κ1) is 13.7. The summed E-state index contributed by atoms with van der Waals surface area (Å²) in [4.78, 5) is 7.95. The number of rotatable bonds is 4. The molecule has 0 fully saturated rings. The lowest BCUT2D eigenvalue weighted by Crippen LogP contribution is -2.05. The molecule has 2 aromatic carbocycles. The van der Waals surface area contributed by atoms with Gasteiger partial charge in [-0.1, -0.05) is 25.1 Å². The number of H-pyrrole nitrogens is 1. The summed E-state index contributed by atoms with van der Waals surface area (Å²) < 4.78 is 5.97. The molecule has 0 saturated heterocycles. The fraction of sp³-hybridized carbons (Fsp3) is 0.278. The van der Waals surface area contributed by atoms with Gasteiger partial charge in [0.05, 0.1) is 11.0 Å². The van der Waals surface area contributed by atoms with Crippen LogP contribution in [0.15, 0.2) is 42.5 Å². The van der Waals surface area contributed by atoms with Crippen molar-refractivity contribution in [3.8, 4) is 5.75 Å². The van der Waals surface area contributed by atoms with E-state index >= 15 is 0 Å². The average molecular weight is 280 g/mol. The first-order valence-corrected chi connectivity index (χ1v) is 7.37. The highest BCUT2D eigenvalue weighted by molar-refractivity contribution is 5.75. The normalized spacial score (nSPS) is 12.5. The zero-order valence-electron chi connectivity index (χ0n) is 12.7. The van der Waals surface area contributed by atoms with Gasteiger partial charge in [-0.25, -0.2) is 4.98 Å². The van der Waals surface area contributed by atoms with Crippen LogP contribution in [0.2, 0.25) is 0 Å². The second-order valence-corrected chi connectivity index (χ2v) is 5.40. The molecule has 21 heavy (non-hydrogen) atoms. The minimum absolute atomic E-state index is 0.106. The first-order chi connectivity index (χ1) is 10.2. The summed E-state index contributed by atoms with van der Waals surface area (Å²) in [6.45, 7) is 6.24. The molecule has 1 atom stereocenters. The molecule has 0 aliphatic carbocycles. The van der Waals surface area contributed by atoms with Crippen LogP contribution in [0.5, 0.6) is 5.75 Å². The SMILES string of the molecule is CCc1ccc(OC(C)c2nc3ccc(C)cc3[nH]2)cc1. The van der Waals surface area contributed by atoms with Gasteiger partial charge in [-0.05, 0) is 55.7 Å². The highest BCUT2D eigenvalue weighted by Crippen LogP contribution is 2.23. The summed E-state index contributed by atoms with van der Waals surface area (Å²) in [5.74, 6) is 1.73. The molecule has 0 spiro atoms. The summed E-state index contributed by atoms with van der Waals surface area (Å²) in [5, 5.41) is 0. The Balaban J connectivity index is 1.80. The van der Waals surface area contributed by atoms with Crippen molar-refractivity contribution in [1.82, 2.24) is 9.97 Å². The number of aromatic amines is 1. The van der Waals surface area contributed by atoms with E-state index in [0.717, 1.165) is 29.0 Å². The van der Waals surface area contributed by atoms with Crippen LogP contribution in [-0.4, -0.2) is 9.97 Å². The monoisotopic (exact) mass is 280 g/mol. The lowest BCUT2D eigenvalue weighted by Gasteiger charge is -2.12. The molecule has 1 N–H and O–H groups in total.